The van der Waals surface area contributed by atoms with Gasteiger partial charge in [0, 0.05) is 23.2 Å². The van der Waals surface area contributed by atoms with Crippen LogP contribution in [0, 0.1) is 11.3 Å². The Balaban J connectivity index is 1.77. The topological polar surface area (TPSA) is 76.3 Å². The molecule has 1 heterocycles. The molecule has 1 amide bonds. The lowest BCUT2D eigenvalue weighted by molar-refractivity contribution is 0.130. The van der Waals surface area contributed by atoms with Crippen molar-refractivity contribution < 1.29 is 14.3 Å². The van der Waals surface area contributed by atoms with Crippen molar-refractivity contribution in [3.63, 3.8) is 0 Å². The number of nitrogens with zero attached hydrogens (tertiary/aromatic N) is 2. The van der Waals surface area contributed by atoms with Gasteiger partial charge in [-0.1, -0.05) is 23.7 Å². The highest BCUT2D eigenvalue weighted by Gasteiger charge is 2.28. The van der Waals surface area contributed by atoms with Crippen molar-refractivity contribution in [2.75, 3.05) is 5.32 Å². The third-order valence-electron chi connectivity index (χ3n) is 5.57. The van der Waals surface area contributed by atoms with Crippen LogP contribution in [0.4, 0.5) is 10.5 Å². The van der Waals surface area contributed by atoms with Gasteiger partial charge in [-0.15, -0.1) is 0 Å². The molecule has 0 aliphatic heterocycles. The minimum atomic E-state index is -0.491. The lowest BCUT2D eigenvalue weighted by Gasteiger charge is -2.30. The maximum Gasteiger partial charge on any atom is 0.411 e. The van der Waals surface area contributed by atoms with Gasteiger partial charge < -0.3 is 14.0 Å². The standard InChI is InChI=1S/C25H26ClN3O3/c1-15(2)31-25(30)28-18-9-7-17(8-10-18)24-22(14-27)21-12-11-20(32-16(3)26)13-23(21)29(24)19-5-4-6-19/h7-13,15-16,19H,4-6H2,1-3H3,(H,28,30). The van der Waals surface area contributed by atoms with Crippen LogP contribution < -0.4 is 10.1 Å². The second kappa shape index (κ2) is 9.13. The fraction of sp³-hybridized carbons (Fsp3) is 0.360. The molecule has 0 spiro atoms. The average Bonchev–Trinajstić information content (AvgIpc) is 2.99. The van der Waals surface area contributed by atoms with Crippen molar-refractivity contribution in [1.29, 1.82) is 5.26 Å². The predicted molar refractivity (Wildman–Crippen MR) is 126 cm³/mol. The molecule has 6 nitrogen and oxygen atoms in total. The molecule has 1 unspecified atom stereocenters. The van der Waals surface area contributed by atoms with Gasteiger partial charge in [0.05, 0.1) is 22.9 Å². The molecule has 0 saturated heterocycles. The smallest absolute Gasteiger partial charge is 0.411 e. The van der Waals surface area contributed by atoms with E-state index in [4.69, 9.17) is 21.1 Å². The molecule has 0 radical (unpaired) electrons. The van der Waals surface area contributed by atoms with Crippen LogP contribution in [0.5, 0.6) is 5.75 Å². The number of benzene rings is 2. The molecule has 1 atom stereocenters. The van der Waals surface area contributed by atoms with Crippen molar-refractivity contribution in [2.24, 2.45) is 0 Å². The number of carbonyl (C=O) groups excluding carboxylic acids is 1. The third kappa shape index (κ3) is 4.39. The van der Waals surface area contributed by atoms with E-state index in [0.29, 0.717) is 23.0 Å². The summed E-state index contributed by atoms with van der Waals surface area (Å²) in [5.74, 6) is 0.678. The van der Waals surface area contributed by atoms with Crippen LogP contribution in [0.1, 0.15) is 51.6 Å². The number of hydrogen-bond donors (Lipinski definition) is 1. The molecule has 1 aliphatic rings. The minimum absolute atomic E-state index is 0.193. The highest BCUT2D eigenvalue weighted by atomic mass is 35.5. The summed E-state index contributed by atoms with van der Waals surface area (Å²) in [5, 5.41) is 13.7. The number of nitriles is 1. The van der Waals surface area contributed by atoms with Crippen molar-refractivity contribution in [3.05, 3.63) is 48.0 Å². The maximum atomic E-state index is 11.9. The lowest BCUT2D eigenvalue weighted by atomic mass is 9.92. The van der Waals surface area contributed by atoms with Gasteiger partial charge in [0.25, 0.3) is 0 Å². The summed E-state index contributed by atoms with van der Waals surface area (Å²) in [7, 11) is 0. The first kappa shape index (κ1) is 22.0. The summed E-state index contributed by atoms with van der Waals surface area (Å²) in [4.78, 5) is 11.9. The monoisotopic (exact) mass is 451 g/mol. The number of hydrogen-bond acceptors (Lipinski definition) is 4. The van der Waals surface area contributed by atoms with Crippen LogP contribution in [-0.2, 0) is 4.74 Å². The fourth-order valence-electron chi connectivity index (χ4n) is 4.05. The van der Waals surface area contributed by atoms with Crippen LogP contribution in [0.2, 0.25) is 0 Å². The van der Waals surface area contributed by atoms with Crippen molar-refractivity contribution >= 4 is 34.3 Å². The molecule has 2 aromatic carbocycles. The Morgan fingerprint density at radius 3 is 2.47 bits per heavy atom. The molecule has 32 heavy (non-hydrogen) atoms. The van der Waals surface area contributed by atoms with E-state index in [1.165, 1.54) is 6.42 Å². The van der Waals surface area contributed by atoms with Gasteiger partial charge in [-0.3, -0.25) is 5.32 Å². The molecule has 1 fully saturated rings. The van der Waals surface area contributed by atoms with E-state index in [-0.39, 0.29) is 6.10 Å². The fourth-order valence-corrected chi connectivity index (χ4v) is 4.15. The molecule has 0 bridgehead atoms. The molecule has 1 aliphatic carbocycles. The second-order valence-electron chi connectivity index (χ2n) is 8.29. The van der Waals surface area contributed by atoms with Crippen molar-refractivity contribution in [2.45, 2.75) is 57.7 Å². The summed E-state index contributed by atoms with van der Waals surface area (Å²) in [5.41, 5.74) is 3.60. The van der Waals surface area contributed by atoms with Crippen LogP contribution in [-0.4, -0.2) is 22.3 Å². The van der Waals surface area contributed by atoms with Gasteiger partial charge in [-0.25, -0.2) is 4.79 Å². The summed E-state index contributed by atoms with van der Waals surface area (Å²) >= 11 is 6.02. The number of fused-ring (bicyclic) bond motifs is 1. The molecule has 166 valence electrons. The molecular weight excluding hydrogens is 426 g/mol. The second-order valence-corrected chi connectivity index (χ2v) is 8.90. The largest absolute Gasteiger partial charge is 0.475 e. The number of halogens is 1. The number of anilines is 1. The van der Waals surface area contributed by atoms with Crippen LogP contribution in [0.15, 0.2) is 42.5 Å². The zero-order valence-corrected chi connectivity index (χ0v) is 19.1. The van der Waals surface area contributed by atoms with E-state index in [2.05, 4.69) is 16.0 Å². The first-order chi connectivity index (χ1) is 15.4. The van der Waals surface area contributed by atoms with E-state index in [1.54, 1.807) is 20.8 Å². The Labute approximate surface area is 192 Å². The summed E-state index contributed by atoms with van der Waals surface area (Å²) in [6.45, 7) is 5.38. The van der Waals surface area contributed by atoms with Gasteiger partial charge in [-0.05, 0) is 69.9 Å². The highest BCUT2D eigenvalue weighted by Crippen LogP contribution is 2.43. The molecule has 3 aromatic rings. The van der Waals surface area contributed by atoms with Crippen molar-refractivity contribution in [1.82, 2.24) is 4.57 Å². The number of ether oxygens (including phenoxy) is 2. The SMILES string of the molecule is CC(C)OC(=O)Nc1ccc(-c2c(C#N)c3ccc(OC(C)Cl)cc3n2C2CCC2)cc1. The highest BCUT2D eigenvalue weighted by molar-refractivity contribution is 6.19. The molecule has 1 aromatic heterocycles. The van der Waals surface area contributed by atoms with Gasteiger partial charge >= 0.3 is 6.09 Å². The van der Waals surface area contributed by atoms with Crippen LogP contribution >= 0.6 is 11.6 Å². The zero-order valence-electron chi connectivity index (χ0n) is 18.4. The number of rotatable bonds is 6. The molecule has 4 rings (SSSR count). The van der Waals surface area contributed by atoms with Gasteiger partial charge in [0.2, 0.25) is 0 Å². The number of nitrogens with one attached hydrogen (secondary N) is 1. The van der Waals surface area contributed by atoms with E-state index < -0.39 is 11.7 Å². The predicted octanol–water partition coefficient (Wildman–Crippen LogP) is 6.83. The van der Waals surface area contributed by atoms with E-state index in [9.17, 15) is 10.1 Å². The number of alkyl halides is 1. The first-order valence-corrected chi connectivity index (χ1v) is 11.3. The van der Waals surface area contributed by atoms with Gasteiger partial charge in [-0.2, -0.15) is 5.26 Å². The number of aromatic nitrogens is 1. The summed E-state index contributed by atoms with van der Waals surface area (Å²) < 4.78 is 13.1. The summed E-state index contributed by atoms with van der Waals surface area (Å²) in [6.07, 6.45) is 2.62. The quantitative estimate of drug-likeness (QED) is 0.417. The van der Waals surface area contributed by atoms with E-state index in [0.717, 1.165) is 35.0 Å². The van der Waals surface area contributed by atoms with E-state index in [1.807, 2.05) is 42.5 Å². The maximum absolute atomic E-state index is 11.9. The van der Waals surface area contributed by atoms with Gasteiger partial charge in [0.15, 0.2) is 5.56 Å². The Morgan fingerprint density at radius 1 is 1.19 bits per heavy atom. The van der Waals surface area contributed by atoms with Gasteiger partial charge in [0.1, 0.15) is 11.8 Å². The van der Waals surface area contributed by atoms with Crippen molar-refractivity contribution in [3.8, 4) is 23.1 Å². The first-order valence-electron chi connectivity index (χ1n) is 10.8. The number of amides is 1. The Kier molecular flexibility index (Phi) is 6.29. The Hall–Kier alpha value is -3.17. The molecular formula is C25H26ClN3O3. The molecule has 1 saturated carbocycles. The molecule has 1 N–H and O–H groups in total. The Morgan fingerprint density at radius 2 is 1.91 bits per heavy atom. The number of carbonyl (C=O) groups is 1. The van der Waals surface area contributed by atoms with Crippen LogP contribution in [0.3, 0.4) is 0 Å². The normalized spacial score (nSPS) is 14.6. The van der Waals surface area contributed by atoms with E-state index >= 15 is 0 Å². The molecule has 7 heteroatoms. The zero-order chi connectivity index (χ0) is 22.8. The van der Waals surface area contributed by atoms with Crippen LogP contribution in [0.25, 0.3) is 22.2 Å². The Bertz CT molecular complexity index is 1170. The minimum Gasteiger partial charge on any atom is -0.475 e. The average molecular weight is 452 g/mol. The third-order valence-corrected chi connectivity index (χ3v) is 5.66. The lowest BCUT2D eigenvalue weighted by Crippen LogP contribution is -2.18. The summed E-state index contributed by atoms with van der Waals surface area (Å²) in [6, 6.07) is 16.0.